The Morgan fingerprint density at radius 1 is 0.815 bits per heavy atom. The molecule has 1 aliphatic rings. The molecule has 2 heterocycles. The summed E-state index contributed by atoms with van der Waals surface area (Å²) in [6.45, 7) is 3.61. The molecule has 4 nitrogen and oxygen atoms in total. The first kappa shape index (κ1) is 18.0. The van der Waals surface area contributed by atoms with Crippen LogP contribution in [0.1, 0.15) is 0 Å². The summed E-state index contributed by atoms with van der Waals surface area (Å²) >= 11 is 12.3. The monoisotopic (exact) mass is 398 g/mol. The van der Waals surface area contributed by atoms with E-state index in [1.807, 2.05) is 48.5 Å². The number of aromatic nitrogens is 1. The van der Waals surface area contributed by atoms with Crippen molar-refractivity contribution in [2.45, 2.75) is 0 Å². The van der Waals surface area contributed by atoms with Gasteiger partial charge in [0, 0.05) is 48.5 Å². The lowest BCUT2D eigenvalue weighted by atomic mass is 10.1. The van der Waals surface area contributed by atoms with Crippen molar-refractivity contribution in [3.63, 3.8) is 0 Å². The average molecular weight is 399 g/mol. The fourth-order valence-electron chi connectivity index (χ4n) is 3.40. The van der Waals surface area contributed by atoms with E-state index in [9.17, 15) is 0 Å². The highest BCUT2D eigenvalue weighted by atomic mass is 35.5. The van der Waals surface area contributed by atoms with Crippen LogP contribution in [0.4, 0.5) is 17.2 Å². The number of anilines is 3. The van der Waals surface area contributed by atoms with Crippen LogP contribution in [0.2, 0.25) is 10.0 Å². The summed E-state index contributed by atoms with van der Waals surface area (Å²) in [4.78, 5) is 9.14. The van der Waals surface area contributed by atoms with Gasteiger partial charge in [0.25, 0.3) is 0 Å². The molecule has 0 radical (unpaired) electrons. The number of nitrogens with two attached hydrogens (primary N) is 1. The van der Waals surface area contributed by atoms with Crippen molar-refractivity contribution in [1.82, 2.24) is 4.98 Å². The van der Waals surface area contributed by atoms with Crippen LogP contribution in [-0.4, -0.2) is 31.2 Å². The minimum atomic E-state index is 0.519. The number of hydrogen-bond donors (Lipinski definition) is 1. The normalized spacial score (nSPS) is 14.4. The summed E-state index contributed by atoms with van der Waals surface area (Å²) in [5, 5.41) is 1.50. The maximum absolute atomic E-state index is 6.34. The van der Waals surface area contributed by atoms with Crippen molar-refractivity contribution in [2.24, 2.45) is 0 Å². The van der Waals surface area contributed by atoms with Crippen molar-refractivity contribution in [1.29, 1.82) is 0 Å². The molecular formula is C21H20Cl2N4. The van der Waals surface area contributed by atoms with E-state index in [4.69, 9.17) is 28.9 Å². The van der Waals surface area contributed by atoms with Crippen LogP contribution < -0.4 is 15.5 Å². The molecule has 2 aromatic carbocycles. The molecule has 0 spiro atoms. The van der Waals surface area contributed by atoms with Crippen LogP contribution >= 0.6 is 23.2 Å². The summed E-state index contributed by atoms with van der Waals surface area (Å²) in [7, 11) is 0. The van der Waals surface area contributed by atoms with Gasteiger partial charge in [-0.15, -0.1) is 0 Å². The van der Waals surface area contributed by atoms with Crippen LogP contribution in [-0.2, 0) is 0 Å². The molecule has 138 valence electrons. The molecule has 0 amide bonds. The van der Waals surface area contributed by atoms with E-state index in [0.29, 0.717) is 10.8 Å². The lowest BCUT2D eigenvalue weighted by molar-refractivity contribution is 0.653. The molecule has 4 rings (SSSR count). The molecule has 0 saturated carbocycles. The predicted octanol–water partition coefficient (Wildman–Crippen LogP) is 4.96. The Balaban J connectivity index is 1.53. The predicted molar refractivity (Wildman–Crippen MR) is 115 cm³/mol. The third kappa shape index (κ3) is 3.97. The number of pyridine rings is 1. The van der Waals surface area contributed by atoms with Crippen LogP contribution in [0.3, 0.4) is 0 Å². The van der Waals surface area contributed by atoms with Crippen LogP contribution in [0, 0.1) is 0 Å². The van der Waals surface area contributed by atoms with Crippen molar-refractivity contribution < 1.29 is 0 Å². The minimum absolute atomic E-state index is 0.519. The van der Waals surface area contributed by atoms with E-state index in [2.05, 4.69) is 26.9 Å². The number of hydrogen-bond acceptors (Lipinski definition) is 4. The average Bonchev–Trinajstić information content (AvgIpc) is 2.69. The quantitative estimate of drug-likeness (QED) is 0.676. The lowest BCUT2D eigenvalue weighted by Gasteiger charge is -2.37. The van der Waals surface area contributed by atoms with E-state index in [-0.39, 0.29) is 0 Å². The summed E-state index contributed by atoms with van der Waals surface area (Å²) in [5.41, 5.74) is 10.1. The topological polar surface area (TPSA) is 45.4 Å². The van der Waals surface area contributed by atoms with Crippen LogP contribution in [0.5, 0.6) is 0 Å². The zero-order valence-corrected chi connectivity index (χ0v) is 16.3. The molecule has 0 aliphatic carbocycles. The second-order valence-corrected chi connectivity index (χ2v) is 7.41. The highest BCUT2D eigenvalue weighted by Crippen LogP contribution is 2.29. The fraction of sp³-hybridized carbons (Fsp3) is 0.190. The second-order valence-electron chi connectivity index (χ2n) is 6.57. The van der Waals surface area contributed by atoms with Gasteiger partial charge >= 0.3 is 0 Å². The molecule has 0 atom stereocenters. The number of rotatable bonds is 3. The fourth-order valence-corrected chi connectivity index (χ4v) is 3.78. The number of para-hydroxylation sites is 1. The molecule has 2 N–H and O–H groups in total. The van der Waals surface area contributed by atoms with Gasteiger partial charge in [0.05, 0.1) is 16.4 Å². The molecule has 1 aromatic heterocycles. The van der Waals surface area contributed by atoms with Crippen molar-refractivity contribution in [2.75, 3.05) is 41.7 Å². The number of piperazine rings is 1. The number of benzene rings is 2. The largest absolute Gasteiger partial charge is 0.384 e. The van der Waals surface area contributed by atoms with Crippen molar-refractivity contribution in [3.05, 3.63) is 70.7 Å². The maximum atomic E-state index is 6.34. The van der Waals surface area contributed by atoms with Gasteiger partial charge in [-0.25, -0.2) is 4.98 Å². The zero-order valence-electron chi connectivity index (χ0n) is 14.8. The van der Waals surface area contributed by atoms with Gasteiger partial charge in [-0.05, 0) is 30.3 Å². The van der Waals surface area contributed by atoms with Crippen molar-refractivity contribution >= 4 is 40.4 Å². The molecule has 1 saturated heterocycles. The zero-order chi connectivity index (χ0) is 18.8. The molecular weight excluding hydrogens is 379 g/mol. The Bertz CT molecular complexity index is 935. The Labute approximate surface area is 169 Å². The molecule has 6 heteroatoms. The summed E-state index contributed by atoms with van der Waals surface area (Å²) in [5.74, 6) is 0.519. The van der Waals surface area contributed by atoms with Gasteiger partial charge in [-0.3, -0.25) is 0 Å². The van der Waals surface area contributed by atoms with Gasteiger partial charge in [-0.2, -0.15) is 0 Å². The molecule has 1 aliphatic heterocycles. The highest BCUT2D eigenvalue weighted by molar-refractivity contribution is 6.33. The summed E-state index contributed by atoms with van der Waals surface area (Å²) < 4.78 is 0. The Morgan fingerprint density at radius 3 is 2.19 bits per heavy atom. The van der Waals surface area contributed by atoms with Crippen LogP contribution in [0.15, 0.2) is 60.7 Å². The molecule has 3 aromatic rings. The molecule has 1 fully saturated rings. The van der Waals surface area contributed by atoms with E-state index in [0.717, 1.165) is 53.8 Å². The Hall–Kier alpha value is -2.43. The van der Waals surface area contributed by atoms with Gasteiger partial charge in [0.1, 0.15) is 5.82 Å². The van der Waals surface area contributed by atoms with E-state index >= 15 is 0 Å². The SMILES string of the molecule is Nc1cc(N2CCN(c3ccccc3Cl)CC2)cc(-c2ccc(Cl)cc2)n1. The minimum Gasteiger partial charge on any atom is -0.384 e. The van der Waals surface area contributed by atoms with E-state index < -0.39 is 0 Å². The summed E-state index contributed by atoms with van der Waals surface area (Å²) in [6.07, 6.45) is 0. The number of halogens is 2. The highest BCUT2D eigenvalue weighted by Gasteiger charge is 2.20. The number of nitrogens with zero attached hydrogens (tertiary/aromatic N) is 3. The second kappa shape index (κ2) is 7.67. The third-order valence-corrected chi connectivity index (χ3v) is 5.38. The van der Waals surface area contributed by atoms with Crippen molar-refractivity contribution in [3.8, 4) is 11.3 Å². The van der Waals surface area contributed by atoms with Gasteiger partial charge in [0.2, 0.25) is 0 Å². The third-order valence-electron chi connectivity index (χ3n) is 4.81. The first-order valence-electron chi connectivity index (χ1n) is 8.88. The van der Waals surface area contributed by atoms with Gasteiger partial charge in [0.15, 0.2) is 0 Å². The van der Waals surface area contributed by atoms with Gasteiger partial charge < -0.3 is 15.5 Å². The maximum Gasteiger partial charge on any atom is 0.126 e. The number of nitrogen functional groups attached to an aromatic ring is 1. The smallest absolute Gasteiger partial charge is 0.126 e. The van der Waals surface area contributed by atoms with Gasteiger partial charge in [-0.1, -0.05) is 47.5 Å². The first-order chi connectivity index (χ1) is 13.1. The molecule has 0 bridgehead atoms. The lowest BCUT2D eigenvalue weighted by Crippen LogP contribution is -2.46. The van der Waals surface area contributed by atoms with E-state index in [1.165, 1.54) is 0 Å². The summed E-state index contributed by atoms with van der Waals surface area (Å²) in [6, 6.07) is 19.7. The van der Waals surface area contributed by atoms with Crippen LogP contribution in [0.25, 0.3) is 11.3 Å². The Kier molecular flexibility index (Phi) is 5.10. The standard InChI is InChI=1S/C21H20Cl2N4/c22-16-7-5-15(6-8-16)19-13-17(14-21(24)25-19)26-9-11-27(12-10-26)20-4-2-1-3-18(20)23/h1-8,13-14H,9-12H2,(H2,24,25). The molecule has 27 heavy (non-hydrogen) atoms. The van der Waals surface area contributed by atoms with E-state index in [1.54, 1.807) is 0 Å². The molecule has 0 unspecified atom stereocenters. The Morgan fingerprint density at radius 2 is 1.48 bits per heavy atom. The first-order valence-corrected chi connectivity index (χ1v) is 9.64.